The lowest BCUT2D eigenvalue weighted by Gasteiger charge is -2.20. The lowest BCUT2D eigenvalue weighted by molar-refractivity contribution is -0.385. The zero-order chi connectivity index (χ0) is 15.9. The molecule has 0 aromatic heterocycles. The third-order valence-corrected chi connectivity index (χ3v) is 3.98. The topological polar surface area (TPSA) is 86.0 Å². The second-order valence-electron chi connectivity index (χ2n) is 4.56. The minimum atomic E-state index is -0.394. The maximum atomic E-state index is 11.1. The van der Waals surface area contributed by atoms with Gasteiger partial charge in [0.05, 0.1) is 11.5 Å². The van der Waals surface area contributed by atoms with Crippen LogP contribution in [-0.2, 0) is 17.1 Å². The molecule has 1 heterocycles. The van der Waals surface area contributed by atoms with Crippen LogP contribution in [0.4, 0.5) is 5.69 Å². The minimum absolute atomic E-state index is 0. The molecule has 0 bridgehead atoms. The number of benzene rings is 1. The van der Waals surface area contributed by atoms with Crippen LogP contribution >= 0.6 is 24.2 Å². The highest BCUT2D eigenvalue weighted by molar-refractivity contribution is 8.13. The maximum absolute atomic E-state index is 11.1. The number of fused-ring (bicyclic) bond motifs is 1. The third kappa shape index (κ3) is 5.26. The van der Waals surface area contributed by atoms with Gasteiger partial charge in [0.2, 0.25) is 0 Å². The van der Waals surface area contributed by atoms with Crippen molar-refractivity contribution in [2.24, 2.45) is 4.99 Å². The predicted octanol–water partition coefficient (Wildman–Crippen LogP) is 3.10. The van der Waals surface area contributed by atoms with Crippen LogP contribution in [0, 0.1) is 10.1 Å². The Balaban J connectivity index is 0.00000264. The Bertz CT molecular complexity index is 583. The molecule has 0 unspecified atom stereocenters. The summed E-state index contributed by atoms with van der Waals surface area (Å²) in [4.78, 5) is 15.0. The summed E-state index contributed by atoms with van der Waals surface area (Å²) < 4.78 is 10.7. The number of aliphatic imine (C=N–C) groups is 1. The average molecular weight is 362 g/mol. The molecule has 0 saturated carbocycles. The van der Waals surface area contributed by atoms with Crippen LogP contribution in [-0.4, -0.2) is 30.0 Å². The second kappa shape index (κ2) is 9.59. The summed E-state index contributed by atoms with van der Waals surface area (Å²) in [7, 11) is 0. The first-order valence-corrected chi connectivity index (χ1v) is 8.06. The normalized spacial score (nSPS) is 13.6. The fourth-order valence-electron chi connectivity index (χ4n) is 2.09. The van der Waals surface area contributed by atoms with E-state index in [-0.39, 0.29) is 24.9 Å². The van der Waals surface area contributed by atoms with Gasteiger partial charge in [-0.15, -0.1) is 12.4 Å². The quantitative estimate of drug-likeness (QED) is 0.375. The van der Waals surface area contributed by atoms with Crippen molar-refractivity contribution in [1.29, 1.82) is 0 Å². The number of rotatable bonds is 5. The molecule has 0 atom stereocenters. The third-order valence-electron chi connectivity index (χ3n) is 2.98. The van der Waals surface area contributed by atoms with Gasteiger partial charge in [-0.05, 0) is 13.8 Å². The van der Waals surface area contributed by atoms with E-state index < -0.39 is 4.92 Å². The van der Waals surface area contributed by atoms with Gasteiger partial charge < -0.3 is 14.8 Å². The molecule has 2 rings (SSSR count). The molecule has 128 valence electrons. The summed E-state index contributed by atoms with van der Waals surface area (Å²) in [6.45, 7) is 5.94. The Morgan fingerprint density at radius 2 is 2.26 bits per heavy atom. The highest BCUT2D eigenvalue weighted by Crippen LogP contribution is 2.34. The smallest absolute Gasteiger partial charge is 0.270 e. The summed E-state index contributed by atoms with van der Waals surface area (Å²) in [5.74, 6) is 1.24. The number of nitro benzene ring substituents is 1. The monoisotopic (exact) mass is 361 g/mol. The predicted molar refractivity (Wildman–Crippen MR) is 93.6 cm³/mol. The first-order valence-electron chi connectivity index (χ1n) is 7.07. The molecule has 0 radical (unpaired) electrons. The molecule has 9 heteroatoms. The standard InChI is InChI=1S/C14H19N3O4S.ClH/c1-3-15-14(16-4-2)22-8-11-6-12(17(18)19)5-10-7-20-9-21-13(10)11;/h5-6H,3-4,7-9H2,1-2H3,(H,15,16);1H. The fourth-order valence-corrected chi connectivity index (χ4v) is 3.06. The number of non-ortho nitro benzene ring substituents is 1. The second-order valence-corrected chi connectivity index (χ2v) is 5.52. The maximum Gasteiger partial charge on any atom is 0.270 e. The van der Waals surface area contributed by atoms with E-state index in [9.17, 15) is 10.1 Å². The van der Waals surface area contributed by atoms with Crippen molar-refractivity contribution in [3.63, 3.8) is 0 Å². The number of nitro groups is 1. The van der Waals surface area contributed by atoms with E-state index in [1.54, 1.807) is 6.07 Å². The number of hydrogen-bond donors (Lipinski definition) is 1. The molecule has 0 spiro atoms. The van der Waals surface area contributed by atoms with E-state index in [1.165, 1.54) is 17.8 Å². The molecular formula is C14H20ClN3O4S. The van der Waals surface area contributed by atoms with Crippen LogP contribution in [0.5, 0.6) is 5.75 Å². The molecule has 1 aliphatic heterocycles. The summed E-state index contributed by atoms with van der Waals surface area (Å²) in [5.41, 5.74) is 1.56. The largest absolute Gasteiger partial charge is 0.467 e. The van der Waals surface area contributed by atoms with E-state index >= 15 is 0 Å². The van der Waals surface area contributed by atoms with Crippen LogP contribution in [0.2, 0.25) is 0 Å². The van der Waals surface area contributed by atoms with Crippen LogP contribution in [0.25, 0.3) is 0 Å². The van der Waals surface area contributed by atoms with Gasteiger partial charge in [-0.25, -0.2) is 0 Å². The zero-order valence-electron chi connectivity index (χ0n) is 13.0. The molecule has 1 aromatic carbocycles. The van der Waals surface area contributed by atoms with Gasteiger partial charge in [-0.3, -0.25) is 15.1 Å². The Labute approximate surface area is 145 Å². The molecular weight excluding hydrogens is 342 g/mol. The van der Waals surface area contributed by atoms with Crippen LogP contribution < -0.4 is 10.1 Å². The molecule has 0 saturated heterocycles. The summed E-state index contributed by atoms with van der Waals surface area (Å²) >= 11 is 1.51. The van der Waals surface area contributed by atoms with E-state index in [0.29, 0.717) is 30.2 Å². The van der Waals surface area contributed by atoms with Crippen molar-refractivity contribution >= 4 is 35.0 Å². The van der Waals surface area contributed by atoms with E-state index in [4.69, 9.17) is 9.47 Å². The lowest BCUT2D eigenvalue weighted by atomic mass is 10.1. The number of thioether (sulfide) groups is 1. The summed E-state index contributed by atoms with van der Waals surface area (Å²) in [6, 6.07) is 3.07. The lowest BCUT2D eigenvalue weighted by Crippen LogP contribution is -2.20. The Hall–Kier alpha value is -1.51. The van der Waals surface area contributed by atoms with Crippen molar-refractivity contribution in [2.45, 2.75) is 26.2 Å². The molecule has 1 aromatic rings. The van der Waals surface area contributed by atoms with Crippen molar-refractivity contribution in [3.05, 3.63) is 33.4 Å². The average Bonchev–Trinajstić information content (AvgIpc) is 2.52. The van der Waals surface area contributed by atoms with Gasteiger partial charge in [-0.2, -0.15) is 0 Å². The van der Waals surface area contributed by atoms with E-state index in [1.807, 2.05) is 13.8 Å². The number of hydrogen-bond acceptors (Lipinski definition) is 6. The Morgan fingerprint density at radius 1 is 1.48 bits per heavy atom. The van der Waals surface area contributed by atoms with E-state index in [0.717, 1.165) is 17.3 Å². The van der Waals surface area contributed by atoms with Crippen molar-refractivity contribution in [2.75, 3.05) is 19.9 Å². The van der Waals surface area contributed by atoms with Gasteiger partial charge in [0.1, 0.15) is 5.75 Å². The van der Waals surface area contributed by atoms with Crippen molar-refractivity contribution in [3.8, 4) is 5.75 Å². The molecule has 0 fully saturated rings. The SMILES string of the molecule is CCN=C(NCC)SCc1cc([N+](=O)[O-])cc2c1OCOC2.Cl. The molecule has 1 aliphatic rings. The Kier molecular flexibility index (Phi) is 8.15. The van der Waals surface area contributed by atoms with Crippen LogP contribution in [0.1, 0.15) is 25.0 Å². The molecule has 0 aliphatic carbocycles. The number of halogens is 1. The summed E-state index contributed by atoms with van der Waals surface area (Å²) in [5, 5.41) is 15.1. The van der Waals surface area contributed by atoms with Gasteiger partial charge in [-0.1, -0.05) is 11.8 Å². The number of nitrogens with zero attached hydrogens (tertiary/aromatic N) is 2. The zero-order valence-corrected chi connectivity index (χ0v) is 14.7. The Morgan fingerprint density at radius 3 is 2.91 bits per heavy atom. The highest BCUT2D eigenvalue weighted by Gasteiger charge is 2.21. The fraction of sp³-hybridized carbons (Fsp3) is 0.500. The number of nitrogens with one attached hydrogen (secondary N) is 1. The van der Waals surface area contributed by atoms with E-state index in [2.05, 4.69) is 10.3 Å². The highest BCUT2D eigenvalue weighted by atomic mass is 35.5. The van der Waals surface area contributed by atoms with Gasteiger partial charge >= 0.3 is 0 Å². The van der Waals surface area contributed by atoms with Gasteiger partial charge in [0.15, 0.2) is 12.0 Å². The minimum Gasteiger partial charge on any atom is -0.467 e. The van der Waals surface area contributed by atoms with Gasteiger partial charge in [0.25, 0.3) is 5.69 Å². The van der Waals surface area contributed by atoms with Crippen LogP contribution in [0.3, 0.4) is 0 Å². The van der Waals surface area contributed by atoms with Gasteiger partial charge in [0, 0.05) is 42.1 Å². The summed E-state index contributed by atoms with van der Waals surface area (Å²) in [6.07, 6.45) is 0. The van der Waals surface area contributed by atoms with Crippen molar-refractivity contribution < 1.29 is 14.4 Å². The van der Waals surface area contributed by atoms with Crippen molar-refractivity contribution in [1.82, 2.24) is 5.32 Å². The molecule has 23 heavy (non-hydrogen) atoms. The molecule has 7 nitrogen and oxygen atoms in total. The molecule has 1 N–H and O–H groups in total. The number of ether oxygens (including phenoxy) is 2. The first kappa shape index (κ1) is 19.5. The molecule has 0 amide bonds. The first-order chi connectivity index (χ1) is 10.7. The number of amidine groups is 1. The van der Waals surface area contributed by atoms with Crippen LogP contribution in [0.15, 0.2) is 17.1 Å².